The number of amides is 1. The fourth-order valence-corrected chi connectivity index (χ4v) is 8.05. The summed E-state index contributed by atoms with van der Waals surface area (Å²) in [5, 5.41) is 19.3. The zero-order chi connectivity index (χ0) is 29.0. The molecule has 0 aliphatic heterocycles. The number of aromatic nitrogens is 2. The van der Waals surface area contributed by atoms with Gasteiger partial charge < -0.3 is 9.84 Å². The molecule has 1 amide bonds. The molecule has 1 unspecified atom stereocenters. The number of hydrogen-bond donors (Lipinski definition) is 2. The number of nitrogens with one attached hydrogen (secondary N) is 1. The van der Waals surface area contributed by atoms with Gasteiger partial charge in [-0.15, -0.1) is 22.7 Å². The molecule has 0 saturated heterocycles. The average Bonchev–Trinajstić information content (AvgIpc) is 3.40. The summed E-state index contributed by atoms with van der Waals surface area (Å²) in [4.78, 5) is 27.0. The Morgan fingerprint density at radius 2 is 1.57 bits per heavy atom. The van der Waals surface area contributed by atoms with E-state index in [2.05, 4.69) is 34.7 Å². The molecule has 3 heterocycles. The van der Waals surface area contributed by atoms with Gasteiger partial charge in [-0.3, -0.25) is 14.8 Å². The van der Waals surface area contributed by atoms with Crippen LogP contribution in [0.15, 0.2) is 85.1 Å². The van der Waals surface area contributed by atoms with Gasteiger partial charge in [-0.05, 0) is 59.4 Å². The third-order valence-corrected chi connectivity index (χ3v) is 10.4. The molecule has 3 aromatic heterocycles. The number of carboxylic acid groups (broad SMARTS) is 1. The second-order valence-corrected chi connectivity index (χ2v) is 12.8. The highest BCUT2D eigenvalue weighted by Gasteiger charge is 2.52. The fourth-order valence-electron chi connectivity index (χ4n) is 5.60. The van der Waals surface area contributed by atoms with E-state index >= 15 is 0 Å². The maximum atomic E-state index is 12.8. The number of aliphatic carboxylic acids is 1. The van der Waals surface area contributed by atoms with Crippen LogP contribution in [0, 0.1) is 0 Å². The van der Waals surface area contributed by atoms with Crippen LogP contribution in [0.1, 0.15) is 37.0 Å². The van der Waals surface area contributed by atoms with E-state index in [9.17, 15) is 14.7 Å². The standard InChI is InChI=1S/C33H27N3O4S2/c1-19(20-8-4-3-5-9-20)40-32(39)35-30-24(18-34-36(30)2)27-17-29-28(42-27)16-26(41-29)23-12-13-25(33(14-15-33)31(37)38)22-11-7-6-10-21(22)23/h3-13,16-19H,14-15H2,1-2H3,(H,35,39)(H,37,38). The highest BCUT2D eigenvalue weighted by Crippen LogP contribution is 2.52. The first kappa shape index (κ1) is 26.4. The predicted octanol–water partition coefficient (Wildman–Crippen LogP) is 8.61. The number of benzene rings is 3. The summed E-state index contributed by atoms with van der Waals surface area (Å²) in [6.45, 7) is 1.84. The first-order valence-corrected chi connectivity index (χ1v) is 15.3. The SMILES string of the molecule is CC(OC(=O)Nc1c(-c2cc3sc(-c4ccc(C5(C(=O)O)CC5)c5ccccc45)cc3s2)cnn1C)c1ccccc1. The molecule has 1 fully saturated rings. The molecule has 1 saturated carbocycles. The summed E-state index contributed by atoms with van der Waals surface area (Å²) in [5.41, 5.74) is 3.00. The second-order valence-electron chi connectivity index (χ2n) is 10.7. The van der Waals surface area contributed by atoms with Crippen LogP contribution in [-0.2, 0) is 22.0 Å². The van der Waals surface area contributed by atoms with Crippen molar-refractivity contribution in [1.29, 1.82) is 0 Å². The van der Waals surface area contributed by atoms with Crippen molar-refractivity contribution >= 4 is 60.7 Å². The zero-order valence-electron chi connectivity index (χ0n) is 23.0. The number of fused-ring (bicyclic) bond motifs is 2. The number of aryl methyl sites for hydroxylation is 1. The summed E-state index contributed by atoms with van der Waals surface area (Å²) in [6, 6.07) is 26.1. The van der Waals surface area contributed by atoms with E-state index < -0.39 is 23.6 Å². The van der Waals surface area contributed by atoms with Crippen molar-refractivity contribution in [3.05, 3.63) is 96.2 Å². The predicted molar refractivity (Wildman–Crippen MR) is 168 cm³/mol. The number of nitrogens with zero attached hydrogens (tertiary/aromatic N) is 2. The van der Waals surface area contributed by atoms with Crippen LogP contribution in [0.2, 0.25) is 0 Å². The number of anilines is 1. The van der Waals surface area contributed by atoms with Gasteiger partial charge in [0, 0.05) is 26.2 Å². The lowest BCUT2D eigenvalue weighted by molar-refractivity contribution is -0.140. The molecule has 0 bridgehead atoms. The molecule has 0 spiro atoms. The number of carboxylic acids is 1. The number of ether oxygens (including phenoxy) is 1. The minimum Gasteiger partial charge on any atom is -0.481 e. The van der Waals surface area contributed by atoms with Gasteiger partial charge in [0.1, 0.15) is 11.9 Å². The molecule has 2 N–H and O–H groups in total. The Morgan fingerprint density at radius 1 is 0.929 bits per heavy atom. The quantitative estimate of drug-likeness (QED) is 0.193. The fraction of sp³-hybridized carbons (Fsp3) is 0.182. The molecular weight excluding hydrogens is 567 g/mol. The summed E-state index contributed by atoms with van der Waals surface area (Å²) in [6.07, 6.45) is 2.19. The van der Waals surface area contributed by atoms with Crippen LogP contribution >= 0.6 is 22.7 Å². The molecule has 7 nitrogen and oxygen atoms in total. The van der Waals surface area contributed by atoms with E-state index in [1.165, 1.54) is 0 Å². The topological polar surface area (TPSA) is 93.4 Å². The first-order valence-electron chi connectivity index (χ1n) is 13.7. The van der Waals surface area contributed by atoms with E-state index in [0.717, 1.165) is 52.2 Å². The van der Waals surface area contributed by atoms with Crippen LogP contribution in [0.3, 0.4) is 0 Å². The largest absolute Gasteiger partial charge is 0.481 e. The van der Waals surface area contributed by atoms with Gasteiger partial charge in [0.15, 0.2) is 0 Å². The first-order chi connectivity index (χ1) is 20.3. The molecule has 1 aliphatic rings. The lowest BCUT2D eigenvalue weighted by Crippen LogP contribution is -2.19. The third kappa shape index (κ3) is 4.45. The molecule has 9 heteroatoms. The Labute approximate surface area is 250 Å². The Bertz CT molecular complexity index is 1950. The normalized spacial score (nSPS) is 14.6. The number of carbonyl (C=O) groups is 2. The van der Waals surface area contributed by atoms with Crippen LogP contribution in [0.5, 0.6) is 0 Å². The highest BCUT2D eigenvalue weighted by atomic mass is 32.1. The van der Waals surface area contributed by atoms with Crippen LogP contribution < -0.4 is 5.32 Å². The average molecular weight is 594 g/mol. The van der Waals surface area contributed by atoms with E-state index in [1.54, 1.807) is 40.6 Å². The third-order valence-electron chi connectivity index (χ3n) is 8.05. The van der Waals surface area contributed by atoms with Crippen molar-refractivity contribution in [2.24, 2.45) is 7.05 Å². The zero-order valence-corrected chi connectivity index (χ0v) is 24.6. The van der Waals surface area contributed by atoms with Gasteiger partial charge in [-0.2, -0.15) is 5.10 Å². The molecular formula is C33H27N3O4S2. The van der Waals surface area contributed by atoms with Gasteiger partial charge in [-0.25, -0.2) is 4.79 Å². The van der Waals surface area contributed by atoms with Gasteiger partial charge in [0.05, 0.1) is 17.2 Å². The Morgan fingerprint density at radius 3 is 2.24 bits per heavy atom. The second kappa shape index (κ2) is 10.1. The van der Waals surface area contributed by atoms with Gasteiger partial charge in [-0.1, -0.05) is 66.7 Å². The molecule has 42 heavy (non-hydrogen) atoms. The van der Waals surface area contributed by atoms with Crippen molar-refractivity contribution in [1.82, 2.24) is 9.78 Å². The molecule has 3 aromatic carbocycles. The Hall–Kier alpha value is -4.47. The molecule has 1 atom stereocenters. The van der Waals surface area contributed by atoms with E-state index in [1.807, 2.05) is 61.5 Å². The summed E-state index contributed by atoms with van der Waals surface area (Å²) in [5.74, 6) is -0.170. The summed E-state index contributed by atoms with van der Waals surface area (Å²) < 4.78 is 9.54. The van der Waals surface area contributed by atoms with E-state index in [-0.39, 0.29) is 0 Å². The van der Waals surface area contributed by atoms with Crippen molar-refractivity contribution in [2.75, 3.05) is 5.32 Å². The van der Waals surface area contributed by atoms with Crippen molar-refractivity contribution in [3.8, 4) is 20.9 Å². The lowest BCUT2D eigenvalue weighted by atomic mass is 9.88. The Kier molecular flexibility index (Phi) is 6.36. The molecule has 0 radical (unpaired) electrons. The maximum Gasteiger partial charge on any atom is 0.413 e. The van der Waals surface area contributed by atoms with Crippen molar-refractivity contribution < 1.29 is 19.4 Å². The molecule has 6 aromatic rings. The summed E-state index contributed by atoms with van der Waals surface area (Å²) >= 11 is 3.35. The van der Waals surface area contributed by atoms with E-state index in [0.29, 0.717) is 18.7 Å². The summed E-state index contributed by atoms with van der Waals surface area (Å²) in [7, 11) is 1.79. The van der Waals surface area contributed by atoms with Gasteiger partial charge in [0.2, 0.25) is 0 Å². The molecule has 1 aliphatic carbocycles. The van der Waals surface area contributed by atoms with Gasteiger partial charge >= 0.3 is 12.1 Å². The monoisotopic (exact) mass is 593 g/mol. The lowest BCUT2D eigenvalue weighted by Gasteiger charge is -2.15. The van der Waals surface area contributed by atoms with Gasteiger partial charge in [0.25, 0.3) is 0 Å². The van der Waals surface area contributed by atoms with E-state index in [4.69, 9.17) is 4.74 Å². The minimum absolute atomic E-state index is 0.391. The smallest absolute Gasteiger partial charge is 0.413 e. The highest BCUT2D eigenvalue weighted by molar-refractivity contribution is 7.31. The van der Waals surface area contributed by atoms with Crippen molar-refractivity contribution in [2.45, 2.75) is 31.3 Å². The number of thiophene rings is 2. The number of rotatable bonds is 7. The minimum atomic E-state index is -0.760. The van der Waals surface area contributed by atoms with Crippen molar-refractivity contribution in [3.63, 3.8) is 0 Å². The number of hydrogen-bond acceptors (Lipinski definition) is 6. The van der Waals surface area contributed by atoms with Crippen LogP contribution in [-0.4, -0.2) is 26.9 Å². The van der Waals surface area contributed by atoms with Crippen LogP contribution in [0.4, 0.5) is 10.6 Å². The Balaban J connectivity index is 1.17. The molecule has 7 rings (SSSR count). The number of carbonyl (C=O) groups excluding carboxylic acids is 1. The molecule has 210 valence electrons. The van der Waals surface area contributed by atoms with Crippen LogP contribution in [0.25, 0.3) is 41.1 Å². The maximum absolute atomic E-state index is 12.8.